The van der Waals surface area contributed by atoms with Gasteiger partial charge in [-0.3, -0.25) is 4.79 Å². The molecule has 3 heteroatoms. The van der Waals surface area contributed by atoms with Crippen LogP contribution < -0.4 is 0 Å². The molecule has 1 amide bonds. The Balaban J connectivity index is 1.95. The molecule has 0 aliphatic carbocycles. The van der Waals surface area contributed by atoms with Crippen LogP contribution in [-0.2, 0) is 4.79 Å². The van der Waals surface area contributed by atoms with Crippen molar-refractivity contribution in [3.05, 3.63) is 106 Å². The summed E-state index contributed by atoms with van der Waals surface area (Å²) in [4.78, 5) is 14.6. The second-order valence-electron chi connectivity index (χ2n) is 6.37. The van der Waals surface area contributed by atoms with Crippen molar-refractivity contribution in [3.63, 3.8) is 0 Å². The molecule has 1 atom stereocenters. The first kappa shape index (κ1) is 16.8. The number of nitrogens with zero attached hydrogens (tertiary/aromatic N) is 1. The summed E-state index contributed by atoms with van der Waals surface area (Å²) in [5.74, 6) is 0.0301. The standard InChI is InChI=1S/C23H18BrNO/c1-16(26)25-22(17-11-13-20(24)14-12-17)15-19-9-5-6-10-21(19)23(25)18-7-3-2-4-8-18/h2-15,23H,1H3. The smallest absolute Gasteiger partial charge is 0.224 e. The minimum absolute atomic E-state index is 0.0301. The number of rotatable bonds is 2. The number of carbonyl (C=O) groups is 1. The van der Waals surface area contributed by atoms with Gasteiger partial charge in [0.25, 0.3) is 0 Å². The number of fused-ring (bicyclic) bond motifs is 1. The summed E-state index contributed by atoms with van der Waals surface area (Å²) in [6.45, 7) is 1.64. The van der Waals surface area contributed by atoms with Crippen LogP contribution >= 0.6 is 15.9 Å². The van der Waals surface area contributed by atoms with E-state index in [2.05, 4.69) is 46.3 Å². The first-order chi connectivity index (χ1) is 12.6. The molecule has 1 aliphatic heterocycles. The highest BCUT2D eigenvalue weighted by Crippen LogP contribution is 2.42. The Kier molecular flexibility index (Phi) is 4.48. The zero-order valence-electron chi connectivity index (χ0n) is 14.4. The van der Waals surface area contributed by atoms with Gasteiger partial charge in [0, 0.05) is 11.4 Å². The lowest BCUT2D eigenvalue weighted by Gasteiger charge is -2.38. The van der Waals surface area contributed by atoms with Crippen LogP contribution in [0.3, 0.4) is 0 Å². The molecule has 1 heterocycles. The van der Waals surface area contributed by atoms with Crippen LogP contribution in [0.15, 0.2) is 83.3 Å². The average Bonchev–Trinajstić information content (AvgIpc) is 2.67. The van der Waals surface area contributed by atoms with E-state index in [4.69, 9.17) is 0 Å². The lowest BCUT2D eigenvalue weighted by atomic mass is 9.87. The van der Waals surface area contributed by atoms with Gasteiger partial charge < -0.3 is 4.90 Å². The van der Waals surface area contributed by atoms with Crippen molar-refractivity contribution < 1.29 is 4.79 Å². The monoisotopic (exact) mass is 403 g/mol. The molecule has 0 bridgehead atoms. The van der Waals surface area contributed by atoms with Crippen LogP contribution in [0, 0.1) is 0 Å². The normalized spacial score (nSPS) is 16.0. The number of hydrogen-bond donors (Lipinski definition) is 0. The molecule has 2 nitrogen and oxygen atoms in total. The maximum atomic E-state index is 12.7. The molecule has 1 aliphatic rings. The highest BCUT2D eigenvalue weighted by molar-refractivity contribution is 9.10. The van der Waals surface area contributed by atoms with E-state index >= 15 is 0 Å². The third kappa shape index (κ3) is 2.99. The van der Waals surface area contributed by atoms with Gasteiger partial charge in [0.05, 0.1) is 11.7 Å². The molecule has 1 unspecified atom stereocenters. The molecular formula is C23H18BrNO. The molecule has 0 saturated heterocycles. The molecule has 0 aromatic heterocycles. The van der Waals surface area contributed by atoms with E-state index in [1.807, 2.05) is 59.5 Å². The number of benzene rings is 3. The highest BCUT2D eigenvalue weighted by atomic mass is 79.9. The molecule has 0 saturated carbocycles. The van der Waals surface area contributed by atoms with Gasteiger partial charge in [0.1, 0.15) is 0 Å². The third-order valence-corrected chi connectivity index (χ3v) is 5.22. The lowest BCUT2D eigenvalue weighted by Crippen LogP contribution is -2.34. The Hall–Kier alpha value is -2.65. The Morgan fingerprint density at radius 2 is 1.54 bits per heavy atom. The Morgan fingerprint density at radius 3 is 2.23 bits per heavy atom. The zero-order valence-corrected chi connectivity index (χ0v) is 16.0. The summed E-state index contributed by atoms with van der Waals surface area (Å²) >= 11 is 3.49. The molecule has 26 heavy (non-hydrogen) atoms. The molecule has 0 spiro atoms. The van der Waals surface area contributed by atoms with Crippen LogP contribution in [0.1, 0.15) is 35.2 Å². The van der Waals surface area contributed by atoms with Crippen molar-refractivity contribution in [2.45, 2.75) is 13.0 Å². The van der Waals surface area contributed by atoms with Gasteiger partial charge in [-0.2, -0.15) is 0 Å². The summed E-state index contributed by atoms with van der Waals surface area (Å²) in [6, 6.07) is 26.5. The second-order valence-corrected chi connectivity index (χ2v) is 7.28. The van der Waals surface area contributed by atoms with Gasteiger partial charge in [-0.25, -0.2) is 0 Å². The molecule has 0 radical (unpaired) electrons. The van der Waals surface area contributed by atoms with E-state index in [9.17, 15) is 4.79 Å². The van der Waals surface area contributed by atoms with Crippen molar-refractivity contribution in [3.8, 4) is 0 Å². The number of amides is 1. The number of hydrogen-bond acceptors (Lipinski definition) is 1. The average molecular weight is 404 g/mol. The van der Waals surface area contributed by atoms with E-state index in [-0.39, 0.29) is 11.9 Å². The minimum atomic E-state index is -0.131. The molecule has 3 aromatic rings. The predicted octanol–water partition coefficient (Wildman–Crippen LogP) is 5.90. The maximum absolute atomic E-state index is 12.7. The van der Waals surface area contributed by atoms with Gasteiger partial charge in [-0.05, 0) is 40.5 Å². The van der Waals surface area contributed by atoms with Crippen molar-refractivity contribution in [1.29, 1.82) is 0 Å². The van der Waals surface area contributed by atoms with E-state index in [1.54, 1.807) is 6.92 Å². The van der Waals surface area contributed by atoms with Crippen molar-refractivity contribution >= 4 is 33.6 Å². The first-order valence-electron chi connectivity index (χ1n) is 8.56. The van der Waals surface area contributed by atoms with Gasteiger partial charge in [0.15, 0.2) is 0 Å². The largest absolute Gasteiger partial charge is 0.300 e. The summed E-state index contributed by atoms with van der Waals surface area (Å²) in [6.07, 6.45) is 2.11. The van der Waals surface area contributed by atoms with Crippen LogP contribution in [0.5, 0.6) is 0 Å². The summed E-state index contributed by atoms with van der Waals surface area (Å²) in [5, 5.41) is 0. The minimum Gasteiger partial charge on any atom is -0.300 e. The SMILES string of the molecule is CC(=O)N1C(c2ccc(Br)cc2)=Cc2ccccc2C1c1ccccc1. The van der Waals surface area contributed by atoms with E-state index < -0.39 is 0 Å². The van der Waals surface area contributed by atoms with Crippen LogP contribution in [0.2, 0.25) is 0 Å². The van der Waals surface area contributed by atoms with Crippen molar-refractivity contribution in [2.75, 3.05) is 0 Å². The fourth-order valence-electron chi connectivity index (χ4n) is 3.54. The highest BCUT2D eigenvalue weighted by Gasteiger charge is 2.32. The van der Waals surface area contributed by atoms with Gasteiger partial charge in [-0.1, -0.05) is 82.7 Å². The molecular weight excluding hydrogens is 386 g/mol. The fourth-order valence-corrected chi connectivity index (χ4v) is 3.81. The quantitative estimate of drug-likeness (QED) is 0.521. The molecule has 0 N–H and O–H groups in total. The van der Waals surface area contributed by atoms with E-state index in [1.165, 1.54) is 0 Å². The van der Waals surface area contributed by atoms with Gasteiger partial charge in [0.2, 0.25) is 5.91 Å². The first-order valence-corrected chi connectivity index (χ1v) is 9.36. The Morgan fingerprint density at radius 1 is 0.885 bits per heavy atom. The topological polar surface area (TPSA) is 20.3 Å². The van der Waals surface area contributed by atoms with Crippen LogP contribution in [0.25, 0.3) is 11.8 Å². The van der Waals surface area contributed by atoms with Crippen molar-refractivity contribution in [2.24, 2.45) is 0 Å². The molecule has 4 rings (SSSR count). The molecule has 0 fully saturated rings. The lowest BCUT2D eigenvalue weighted by molar-refractivity contribution is -0.126. The van der Waals surface area contributed by atoms with E-state index in [0.29, 0.717) is 0 Å². The molecule has 3 aromatic carbocycles. The number of carbonyl (C=O) groups excluding carboxylic acids is 1. The van der Waals surface area contributed by atoms with Gasteiger partial charge in [-0.15, -0.1) is 0 Å². The Labute approximate surface area is 161 Å². The van der Waals surface area contributed by atoms with Crippen LogP contribution in [-0.4, -0.2) is 10.8 Å². The number of halogens is 1. The summed E-state index contributed by atoms with van der Waals surface area (Å²) in [5.41, 5.74) is 5.36. The van der Waals surface area contributed by atoms with Gasteiger partial charge >= 0.3 is 0 Å². The van der Waals surface area contributed by atoms with Crippen molar-refractivity contribution in [1.82, 2.24) is 4.90 Å². The Bertz CT molecular complexity index is 977. The summed E-state index contributed by atoms with van der Waals surface area (Å²) in [7, 11) is 0. The third-order valence-electron chi connectivity index (χ3n) is 4.70. The zero-order chi connectivity index (χ0) is 18.1. The van der Waals surface area contributed by atoms with Crippen LogP contribution in [0.4, 0.5) is 0 Å². The predicted molar refractivity (Wildman–Crippen MR) is 109 cm³/mol. The molecule has 128 valence electrons. The maximum Gasteiger partial charge on any atom is 0.224 e. The summed E-state index contributed by atoms with van der Waals surface area (Å²) < 4.78 is 1.02. The fraction of sp³-hybridized carbons (Fsp3) is 0.0870. The van der Waals surface area contributed by atoms with E-state index in [0.717, 1.165) is 32.4 Å². The second kappa shape index (κ2) is 6.93.